The number of nitrogens with one attached hydrogen (secondary N) is 2. The van der Waals surface area contributed by atoms with Gasteiger partial charge in [0.2, 0.25) is 5.91 Å². The first-order valence-electron chi connectivity index (χ1n) is 4.31. The van der Waals surface area contributed by atoms with Gasteiger partial charge in [-0.2, -0.15) is 0 Å². The van der Waals surface area contributed by atoms with Gasteiger partial charge < -0.3 is 15.5 Å². The third kappa shape index (κ3) is 5.95. The van der Waals surface area contributed by atoms with Crippen LogP contribution in [-0.2, 0) is 4.79 Å². The third-order valence-corrected chi connectivity index (χ3v) is 1.60. The van der Waals surface area contributed by atoms with Gasteiger partial charge >= 0.3 is 6.03 Å². The zero-order valence-corrected chi connectivity index (χ0v) is 8.39. The fourth-order valence-electron chi connectivity index (χ4n) is 0.687. The molecule has 5 heteroatoms. The summed E-state index contributed by atoms with van der Waals surface area (Å²) in [6.07, 6.45) is 0. The Morgan fingerprint density at radius 2 is 1.77 bits per heavy atom. The van der Waals surface area contributed by atoms with E-state index in [1.807, 2.05) is 6.92 Å². The second-order valence-electron chi connectivity index (χ2n) is 2.73. The summed E-state index contributed by atoms with van der Waals surface area (Å²) in [5.74, 6) is -0.0851. The first-order valence-corrected chi connectivity index (χ1v) is 4.31. The summed E-state index contributed by atoms with van der Waals surface area (Å²) in [6, 6.07) is -0.118. The largest absolute Gasteiger partial charge is 0.355 e. The van der Waals surface area contributed by atoms with Crippen molar-refractivity contribution < 1.29 is 9.59 Å². The molecule has 0 saturated carbocycles. The molecule has 0 aliphatic carbocycles. The molecule has 0 aliphatic heterocycles. The van der Waals surface area contributed by atoms with Gasteiger partial charge in [0.1, 0.15) is 0 Å². The molecule has 0 unspecified atom stereocenters. The van der Waals surface area contributed by atoms with Gasteiger partial charge in [-0.3, -0.25) is 4.79 Å². The minimum absolute atomic E-state index is 0.0851. The molecular formula is C8H17N3O2. The van der Waals surface area contributed by atoms with E-state index in [2.05, 4.69) is 10.6 Å². The van der Waals surface area contributed by atoms with Crippen molar-refractivity contribution >= 4 is 11.9 Å². The second kappa shape index (κ2) is 6.28. The zero-order chi connectivity index (χ0) is 10.3. The minimum atomic E-state index is -0.118. The molecule has 0 saturated heterocycles. The summed E-state index contributed by atoms with van der Waals surface area (Å²) in [5.41, 5.74) is 0. The van der Waals surface area contributed by atoms with Gasteiger partial charge in [-0.05, 0) is 6.92 Å². The highest BCUT2D eigenvalue weighted by Gasteiger charge is 2.03. The molecule has 2 N–H and O–H groups in total. The van der Waals surface area contributed by atoms with Crippen LogP contribution in [0.1, 0.15) is 13.8 Å². The van der Waals surface area contributed by atoms with Crippen molar-refractivity contribution in [2.75, 3.05) is 26.7 Å². The van der Waals surface area contributed by atoms with Crippen LogP contribution in [0.15, 0.2) is 0 Å². The SMILES string of the molecule is CCN(C)C(=O)NCCNC(C)=O. The van der Waals surface area contributed by atoms with Gasteiger partial charge in [-0.15, -0.1) is 0 Å². The van der Waals surface area contributed by atoms with E-state index in [4.69, 9.17) is 0 Å². The molecule has 0 aromatic carbocycles. The van der Waals surface area contributed by atoms with Crippen LogP contribution in [0.3, 0.4) is 0 Å². The first-order chi connectivity index (χ1) is 6.07. The Balaban J connectivity index is 3.42. The molecule has 0 fully saturated rings. The second-order valence-corrected chi connectivity index (χ2v) is 2.73. The molecule has 0 spiro atoms. The van der Waals surface area contributed by atoms with Crippen molar-refractivity contribution in [3.05, 3.63) is 0 Å². The van der Waals surface area contributed by atoms with E-state index in [-0.39, 0.29) is 11.9 Å². The number of carbonyl (C=O) groups excluding carboxylic acids is 2. The molecule has 5 nitrogen and oxygen atoms in total. The third-order valence-electron chi connectivity index (χ3n) is 1.60. The van der Waals surface area contributed by atoms with Gasteiger partial charge in [0.15, 0.2) is 0 Å². The summed E-state index contributed by atoms with van der Waals surface area (Å²) in [6.45, 7) is 4.95. The standard InChI is InChI=1S/C8H17N3O2/c1-4-11(3)8(13)10-6-5-9-7(2)12/h4-6H2,1-3H3,(H,9,12)(H,10,13). The van der Waals surface area contributed by atoms with Crippen LogP contribution in [0.4, 0.5) is 4.79 Å². The average Bonchev–Trinajstić information content (AvgIpc) is 2.10. The fourth-order valence-corrected chi connectivity index (χ4v) is 0.687. The van der Waals surface area contributed by atoms with Gasteiger partial charge in [-0.1, -0.05) is 0 Å². The van der Waals surface area contributed by atoms with E-state index in [0.717, 1.165) is 0 Å². The van der Waals surface area contributed by atoms with Gasteiger partial charge in [0.25, 0.3) is 0 Å². The van der Waals surface area contributed by atoms with Crippen LogP contribution in [0, 0.1) is 0 Å². The Labute approximate surface area is 78.5 Å². The van der Waals surface area contributed by atoms with Crippen molar-refractivity contribution in [1.29, 1.82) is 0 Å². The number of nitrogens with zero attached hydrogens (tertiary/aromatic N) is 1. The van der Waals surface area contributed by atoms with E-state index in [9.17, 15) is 9.59 Å². The lowest BCUT2D eigenvalue weighted by atomic mass is 10.5. The summed E-state index contributed by atoms with van der Waals surface area (Å²) in [4.78, 5) is 23.1. The van der Waals surface area contributed by atoms with E-state index >= 15 is 0 Å². The molecule has 0 atom stereocenters. The molecule has 0 aromatic rings. The maximum atomic E-state index is 11.1. The highest BCUT2D eigenvalue weighted by molar-refractivity contribution is 5.74. The Morgan fingerprint density at radius 1 is 1.23 bits per heavy atom. The van der Waals surface area contributed by atoms with E-state index < -0.39 is 0 Å². The average molecular weight is 187 g/mol. The lowest BCUT2D eigenvalue weighted by Crippen LogP contribution is -2.40. The molecule has 0 radical (unpaired) electrons. The molecule has 13 heavy (non-hydrogen) atoms. The molecule has 0 bridgehead atoms. The molecule has 76 valence electrons. The van der Waals surface area contributed by atoms with Gasteiger partial charge in [-0.25, -0.2) is 4.79 Å². The summed E-state index contributed by atoms with van der Waals surface area (Å²) in [7, 11) is 1.72. The predicted molar refractivity (Wildman–Crippen MR) is 50.4 cm³/mol. The van der Waals surface area contributed by atoms with Crippen molar-refractivity contribution in [2.45, 2.75) is 13.8 Å². The number of carbonyl (C=O) groups is 2. The molecule has 0 heterocycles. The molecule has 3 amide bonds. The lowest BCUT2D eigenvalue weighted by molar-refractivity contribution is -0.118. The maximum absolute atomic E-state index is 11.1. The van der Waals surface area contributed by atoms with Crippen LogP contribution >= 0.6 is 0 Å². The summed E-state index contributed by atoms with van der Waals surface area (Å²) in [5, 5.41) is 5.25. The number of hydrogen-bond acceptors (Lipinski definition) is 2. The van der Waals surface area contributed by atoms with Crippen LogP contribution in [0.2, 0.25) is 0 Å². The van der Waals surface area contributed by atoms with E-state index in [0.29, 0.717) is 19.6 Å². The molecule has 0 rings (SSSR count). The highest BCUT2D eigenvalue weighted by Crippen LogP contribution is 1.80. The summed E-state index contributed by atoms with van der Waals surface area (Å²) < 4.78 is 0. The Hall–Kier alpha value is -1.26. The zero-order valence-electron chi connectivity index (χ0n) is 8.39. The number of urea groups is 1. The van der Waals surface area contributed by atoms with Crippen molar-refractivity contribution in [2.24, 2.45) is 0 Å². The lowest BCUT2D eigenvalue weighted by Gasteiger charge is -2.15. The Kier molecular flexibility index (Phi) is 5.67. The highest BCUT2D eigenvalue weighted by atomic mass is 16.2. The van der Waals surface area contributed by atoms with Crippen LogP contribution < -0.4 is 10.6 Å². The smallest absolute Gasteiger partial charge is 0.317 e. The normalized spacial score (nSPS) is 9.15. The molecular weight excluding hydrogens is 170 g/mol. The van der Waals surface area contributed by atoms with Gasteiger partial charge in [0.05, 0.1) is 0 Å². The van der Waals surface area contributed by atoms with Crippen molar-refractivity contribution in [3.63, 3.8) is 0 Å². The molecule has 0 aliphatic rings. The number of hydrogen-bond donors (Lipinski definition) is 2. The van der Waals surface area contributed by atoms with Crippen LogP contribution in [0.5, 0.6) is 0 Å². The van der Waals surface area contributed by atoms with Crippen LogP contribution in [0.25, 0.3) is 0 Å². The Bertz CT molecular complexity index is 182. The van der Waals surface area contributed by atoms with Crippen LogP contribution in [-0.4, -0.2) is 43.5 Å². The van der Waals surface area contributed by atoms with Gasteiger partial charge in [0, 0.05) is 33.6 Å². The van der Waals surface area contributed by atoms with Crippen molar-refractivity contribution in [3.8, 4) is 0 Å². The number of amides is 3. The molecule has 0 aromatic heterocycles. The topological polar surface area (TPSA) is 61.4 Å². The van der Waals surface area contributed by atoms with E-state index in [1.54, 1.807) is 11.9 Å². The monoisotopic (exact) mass is 187 g/mol. The maximum Gasteiger partial charge on any atom is 0.317 e. The number of rotatable bonds is 4. The quantitative estimate of drug-likeness (QED) is 0.598. The fraction of sp³-hybridized carbons (Fsp3) is 0.750. The minimum Gasteiger partial charge on any atom is -0.355 e. The van der Waals surface area contributed by atoms with Crippen molar-refractivity contribution in [1.82, 2.24) is 15.5 Å². The predicted octanol–water partition coefficient (Wildman–Crippen LogP) is -0.216. The van der Waals surface area contributed by atoms with E-state index in [1.165, 1.54) is 6.92 Å². The first kappa shape index (κ1) is 11.7. The Morgan fingerprint density at radius 3 is 2.23 bits per heavy atom. The summed E-state index contributed by atoms with van der Waals surface area (Å²) >= 11 is 0.